The molecule has 10 aromatic carbocycles. The lowest BCUT2D eigenvalue weighted by atomic mass is 9.95. The normalized spacial score (nSPS) is 11.6. The van der Waals surface area contributed by atoms with Crippen molar-refractivity contribution in [2.24, 2.45) is 0 Å². The Morgan fingerprint density at radius 2 is 0.836 bits per heavy atom. The fraction of sp³-hybridized carbons (Fsp3) is 0. The van der Waals surface area contributed by atoms with E-state index in [1.807, 2.05) is 23.5 Å². The molecular formula is C58H37NOS. The first-order valence-electron chi connectivity index (χ1n) is 20.7. The SMILES string of the molecule is c1cc(-c2ccc(N(c3ccc(-c4ccc5c(c4)oc4ccccc45)cc3)c3ccc(-c4cccc5c4sc4ccccc45)cc3)cc2)cc(-c2cccc3ccccc23)c1. The number of hydrogen-bond acceptors (Lipinski definition) is 3. The van der Waals surface area contributed by atoms with Crippen molar-refractivity contribution in [2.45, 2.75) is 0 Å². The van der Waals surface area contributed by atoms with Gasteiger partial charge in [0, 0.05) is 48.0 Å². The van der Waals surface area contributed by atoms with E-state index < -0.39 is 0 Å². The van der Waals surface area contributed by atoms with Crippen LogP contribution in [0.15, 0.2) is 229 Å². The van der Waals surface area contributed by atoms with Crippen molar-refractivity contribution in [3.63, 3.8) is 0 Å². The number of thiophene rings is 1. The van der Waals surface area contributed by atoms with Crippen LogP contribution >= 0.6 is 11.3 Å². The maximum atomic E-state index is 6.25. The number of rotatable bonds is 7. The molecule has 12 rings (SSSR count). The minimum absolute atomic E-state index is 0.901. The molecule has 12 aromatic rings. The van der Waals surface area contributed by atoms with E-state index in [-0.39, 0.29) is 0 Å². The molecule has 286 valence electrons. The zero-order valence-electron chi connectivity index (χ0n) is 33.1. The highest BCUT2D eigenvalue weighted by atomic mass is 32.1. The summed E-state index contributed by atoms with van der Waals surface area (Å²) in [6.45, 7) is 0. The van der Waals surface area contributed by atoms with Gasteiger partial charge in [0.15, 0.2) is 0 Å². The van der Waals surface area contributed by atoms with Gasteiger partial charge in [0.1, 0.15) is 11.2 Å². The van der Waals surface area contributed by atoms with Gasteiger partial charge in [-0.25, -0.2) is 0 Å². The summed E-state index contributed by atoms with van der Waals surface area (Å²) in [7, 11) is 0. The number of hydrogen-bond donors (Lipinski definition) is 0. The fourth-order valence-electron chi connectivity index (χ4n) is 9.07. The number of anilines is 3. The van der Waals surface area contributed by atoms with Gasteiger partial charge in [-0.05, 0) is 122 Å². The first kappa shape index (κ1) is 35.2. The summed E-state index contributed by atoms with van der Waals surface area (Å²) in [5.41, 5.74) is 14.6. The average Bonchev–Trinajstić information content (AvgIpc) is 3.91. The molecule has 0 fully saturated rings. The summed E-state index contributed by atoms with van der Waals surface area (Å²) in [4.78, 5) is 2.35. The van der Waals surface area contributed by atoms with Crippen LogP contribution in [-0.2, 0) is 0 Å². The van der Waals surface area contributed by atoms with E-state index in [4.69, 9.17) is 4.42 Å². The molecule has 0 aliphatic heterocycles. The van der Waals surface area contributed by atoms with Crippen LogP contribution < -0.4 is 4.90 Å². The maximum Gasteiger partial charge on any atom is 0.136 e. The average molecular weight is 796 g/mol. The molecule has 2 heterocycles. The smallest absolute Gasteiger partial charge is 0.136 e. The Balaban J connectivity index is 0.918. The van der Waals surface area contributed by atoms with E-state index in [9.17, 15) is 0 Å². The highest BCUT2D eigenvalue weighted by Gasteiger charge is 2.16. The summed E-state index contributed by atoms with van der Waals surface area (Å²) < 4.78 is 8.89. The number of para-hydroxylation sites is 1. The lowest BCUT2D eigenvalue weighted by Crippen LogP contribution is -2.09. The second kappa shape index (κ2) is 14.5. The molecule has 61 heavy (non-hydrogen) atoms. The largest absolute Gasteiger partial charge is 0.456 e. The lowest BCUT2D eigenvalue weighted by molar-refractivity contribution is 0.669. The number of furan rings is 1. The first-order chi connectivity index (χ1) is 30.2. The molecule has 0 N–H and O–H groups in total. The number of nitrogens with zero attached hydrogens (tertiary/aromatic N) is 1. The molecule has 3 heteroatoms. The van der Waals surface area contributed by atoms with Gasteiger partial charge in [-0.15, -0.1) is 11.3 Å². The van der Waals surface area contributed by atoms with Crippen molar-refractivity contribution in [1.29, 1.82) is 0 Å². The number of benzene rings is 10. The molecule has 2 aromatic heterocycles. The van der Waals surface area contributed by atoms with Crippen molar-refractivity contribution >= 4 is 81.3 Å². The first-order valence-corrected chi connectivity index (χ1v) is 21.5. The van der Waals surface area contributed by atoms with Crippen LogP contribution in [0.5, 0.6) is 0 Å². The molecule has 0 saturated heterocycles. The van der Waals surface area contributed by atoms with E-state index in [0.717, 1.165) is 50.1 Å². The van der Waals surface area contributed by atoms with E-state index in [1.165, 1.54) is 64.3 Å². The van der Waals surface area contributed by atoms with Gasteiger partial charge in [-0.2, -0.15) is 0 Å². The third kappa shape index (κ3) is 6.18. The van der Waals surface area contributed by atoms with Crippen molar-refractivity contribution in [3.05, 3.63) is 224 Å². The zero-order valence-corrected chi connectivity index (χ0v) is 33.9. The Bertz CT molecular complexity index is 3570. The van der Waals surface area contributed by atoms with Crippen molar-refractivity contribution in [3.8, 4) is 44.5 Å². The van der Waals surface area contributed by atoms with E-state index >= 15 is 0 Å². The molecule has 0 bridgehead atoms. The maximum absolute atomic E-state index is 6.25. The standard InChI is InChI=1S/C58H37NOS/c1-2-14-48-40(10-1)11-8-17-49(48)44-13-7-12-42(36-44)38-22-29-45(30-23-38)59(46-31-24-39(25-32-46)43-28-35-52-51-15-3-5-20-55(51)60-56(52)37-43)47-33-26-41(27-34-47)50-18-9-19-54-53-16-4-6-21-57(53)61-58(50)54/h1-37H. The van der Waals surface area contributed by atoms with Crippen molar-refractivity contribution in [2.75, 3.05) is 4.90 Å². The van der Waals surface area contributed by atoms with Crippen LogP contribution in [0.2, 0.25) is 0 Å². The molecule has 0 atom stereocenters. The summed E-state index contributed by atoms with van der Waals surface area (Å²) in [5, 5.41) is 7.42. The van der Waals surface area contributed by atoms with Crippen molar-refractivity contribution < 1.29 is 4.42 Å². The molecule has 0 unspecified atom stereocenters. The van der Waals surface area contributed by atoms with E-state index in [0.29, 0.717) is 0 Å². The van der Waals surface area contributed by atoms with Gasteiger partial charge in [-0.3, -0.25) is 0 Å². The van der Waals surface area contributed by atoms with Gasteiger partial charge in [0.2, 0.25) is 0 Å². The lowest BCUT2D eigenvalue weighted by Gasteiger charge is -2.26. The Morgan fingerprint density at radius 1 is 0.311 bits per heavy atom. The summed E-state index contributed by atoms with van der Waals surface area (Å²) >= 11 is 1.87. The van der Waals surface area contributed by atoms with Crippen molar-refractivity contribution in [1.82, 2.24) is 0 Å². The van der Waals surface area contributed by atoms with Crippen LogP contribution in [0.25, 0.3) is 97.4 Å². The monoisotopic (exact) mass is 795 g/mol. The third-order valence-electron chi connectivity index (χ3n) is 12.1. The summed E-state index contributed by atoms with van der Waals surface area (Å²) in [6.07, 6.45) is 0. The van der Waals surface area contributed by atoms with Gasteiger partial charge in [0.25, 0.3) is 0 Å². The summed E-state index contributed by atoms with van der Waals surface area (Å²) in [5.74, 6) is 0. The third-order valence-corrected chi connectivity index (χ3v) is 13.3. The second-order valence-electron chi connectivity index (χ2n) is 15.7. The Morgan fingerprint density at radius 3 is 1.61 bits per heavy atom. The molecule has 0 amide bonds. The van der Waals surface area contributed by atoms with Gasteiger partial charge >= 0.3 is 0 Å². The minimum Gasteiger partial charge on any atom is -0.456 e. The zero-order chi connectivity index (χ0) is 40.3. The fourth-order valence-corrected chi connectivity index (χ4v) is 10.3. The van der Waals surface area contributed by atoms with E-state index in [2.05, 4.69) is 217 Å². The number of fused-ring (bicyclic) bond motifs is 7. The molecular weight excluding hydrogens is 759 g/mol. The molecule has 0 spiro atoms. The van der Waals surface area contributed by atoms with E-state index in [1.54, 1.807) is 0 Å². The second-order valence-corrected chi connectivity index (χ2v) is 16.7. The highest BCUT2D eigenvalue weighted by molar-refractivity contribution is 7.26. The molecule has 0 saturated carbocycles. The van der Waals surface area contributed by atoms with Gasteiger partial charge in [0.05, 0.1) is 0 Å². The topological polar surface area (TPSA) is 16.4 Å². The molecule has 2 nitrogen and oxygen atoms in total. The molecule has 0 aliphatic carbocycles. The van der Waals surface area contributed by atoms with Crippen LogP contribution in [0.1, 0.15) is 0 Å². The Hall–Kier alpha value is -7.72. The predicted molar refractivity (Wildman–Crippen MR) is 261 cm³/mol. The Labute approximate surface area is 357 Å². The quantitative estimate of drug-likeness (QED) is 0.160. The van der Waals surface area contributed by atoms with Crippen LogP contribution in [-0.4, -0.2) is 0 Å². The molecule has 0 radical (unpaired) electrons. The summed E-state index contributed by atoms with van der Waals surface area (Å²) in [6, 6.07) is 81.2. The molecule has 0 aliphatic rings. The van der Waals surface area contributed by atoms with Crippen LogP contribution in [0.3, 0.4) is 0 Å². The predicted octanol–water partition coefficient (Wildman–Crippen LogP) is 17.2. The Kier molecular flexibility index (Phi) is 8.39. The minimum atomic E-state index is 0.901. The van der Waals surface area contributed by atoms with Crippen LogP contribution in [0, 0.1) is 0 Å². The van der Waals surface area contributed by atoms with Gasteiger partial charge < -0.3 is 9.32 Å². The highest BCUT2D eigenvalue weighted by Crippen LogP contribution is 2.42. The van der Waals surface area contributed by atoms with Crippen LogP contribution in [0.4, 0.5) is 17.1 Å². The van der Waals surface area contributed by atoms with Gasteiger partial charge in [-0.1, -0.05) is 158 Å².